The van der Waals surface area contributed by atoms with E-state index >= 15 is 0 Å². The van der Waals surface area contributed by atoms with Gasteiger partial charge in [0.2, 0.25) is 0 Å². The van der Waals surface area contributed by atoms with Gasteiger partial charge in [-0.15, -0.1) is 0 Å². The average molecular weight is 219 g/mol. The van der Waals surface area contributed by atoms with Crippen LogP contribution in [-0.2, 0) is 11.2 Å². The summed E-state index contributed by atoms with van der Waals surface area (Å²) in [7, 11) is 2.20. The van der Waals surface area contributed by atoms with Crippen LogP contribution in [0.3, 0.4) is 0 Å². The van der Waals surface area contributed by atoms with Crippen LogP contribution in [0, 0.1) is 0 Å². The van der Waals surface area contributed by atoms with E-state index in [1.807, 2.05) is 6.92 Å². The number of hydrogen-bond acceptors (Lipinski definition) is 2. The number of aryl methyl sites for hydroxylation is 1. The zero-order chi connectivity index (χ0) is 11.4. The number of hydrogen-bond donors (Lipinski definition) is 0. The molecule has 0 spiro atoms. The van der Waals surface area contributed by atoms with Gasteiger partial charge in [-0.05, 0) is 37.9 Å². The van der Waals surface area contributed by atoms with Crippen molar-refractivity contribution in [3.05, 3.63) is 35.4 Å². The molecular formula is C14H21NO. The van der Waals surface area contributed by atoms with Gasteiger partial charge in [0.05, 0.1) is 6.61 Å². The minimum Gasteiger partial charge on any atom is -0.380 e. The summed E-state index contributed by atoms with van der Waals surface area (Å²) in [6.07, 6.45) is 2.47. The molecular weight excluding hydrogens is 198 g/mol. The van der Waals surface area contributed by atoms with Gasteiger partial charge in [-0.25, -0.2) is 0 Å². The van der Waals surface area contributed by atoms with Crippen molar-refractivity contribution in [2.24, 2.45) is 0 Å². The standard InChI is InChI=1S/C14H21NO/c1-3-16-11-10-15(2)14-9-8-12-6-4-5-7-13(12)14/h4-7,14H,3,8-11H2,1-2H3. The third kappa shape index (κ3) is 2.45. The quantitative estimate of drug-likeness (QED) is 0.706. The lowest BCUT2D eigenvalue weighted by Gasteiger charge is -2.24. The predicted octanol–water partition coefficient (Wildman–Crippen LogP) is 2.64. The third-order valence-electron chi connectivity index (χ3n) is 3.43. The molecule has 0 saturated carbocycles. The molecule has 2 rings (SSSR count). The van der Waals surface area contributed by atoms with Gasteiger partial charge in [0.1, 0.15) is 0 Å². The molecule has 0 saturated heterocycles. The average Bonchev–Trinajstić information content (AvgIpc) is 2.73. The normalized spacial score (nSPS) is 19.1. The van der Waals surface area contributed by atoms with E-state index in [1.54, 1.807) is 0 Å². The summed E-state index contributed by atoms with van der Waals surface area (Å²) in [4.78, 5) is 2.42. The van der Waals surface area contributed by atoms with Gasteiger partial charge >= 0.3 is 0 Å². The summed E-state index contributed by atoms with van der Waals surface area (Å²) in [5, 5.41) is 0. The Morgan fingerprint density at radius 1 is 1.38 bits per heavy atom. The minimum atomic E-state index is 0.594. The van der Waals surface area contributed by atoms with Gasteiger partial charge in [0.15, 0.2) is 0 Å². The summed E-state index contributed by atoms with van der Waals surface area (Å²) < 4.78 is 5.41. The van der Waals surface area contributed by atoms with Crippen molar-refractivity contribution in [2.75, 3.05) is 26.8 Å². The lowest BCUT2D eigenvalue weighted by atomic mass is 10.1. The topological polar surface area (TPSA) is 12.5 Å². The first-order chi connectivity index (χ1) is 7.83. The van der Waals surface area contributed by atoms with Gasteiger partial charge in [-0.2, -0.15) is 0 Å². The number of benzene rings is 1. The van der Waals surface area contributed by atoms with Gasteiger partial charge < -0.3 is 4.74 Å². The fourth-order valence-electron chi connectivity index (χ4n) is 2.50. The first-order valence-corrected chi connectivity index (χ1v) is 6.18. The monoisotopic (exact) mass is 219 g/mol. The van der Waals surface area contributed by atoms with Gasteiger partial charge in [-0.1, -0.05) is 24.3 Å². The lowest BCUT2D eigenvalue weighted by Crippen LogP contribution is -2.26. The Kier molecular flexibility index (Phi) is 3.97. The molecule has 0 bridgehead atoms. The zero-order valence-electron chi connectivity index (χ0n) is 10.3. The van der Waals surface area contributed by atoms with Crippen LogP contribution in [0.15, 0.2) is 24.3 Å². The highest BCUT2D eigenvalue weighted by Crippen LogP contribution is 2.34. The molecule has 0 amide bonds. The van der Waals surface area contributed by atoms with Gasteiger partial charge in [-0.3, -0.25) is 4.90 Å². The van der Waals surface area contributed by atoms with E-state index in [-0.39, 0.29) is 0 Å². The second-order valence-corrected chi connectivity index (χ2v) is 4.43. The summed E-state index contributed by atoms with van der Waals surface area (Å²) in [6.45, 7) is 4.72. The molecule has 2 nitrogen and oxygen atoms in total. The Labute approximate surface area is 98.2 Å². The van der Waals surface area contributed by atoms with Crippen molar-refractivity contribution in [2.45, 2.75) is 25.8 Å². The van der Waals surface area contributed by atoms with Crippen molar-refractivity contribution in [3.63, 3.8) is 0 Å². The van der Waals surface area contributed by atoms with Gasteiger partial charge in [0.25, 0.3) is 0 Å². The molecule has 0 heterocycles. The summed E-state index contributed by atoms with van der Waals surface area (Å²) in [5.74, 6) is 0. The van der Waals surface area contributed by atoms with Crippen LogP contribution in [0.25, 0.3) is 0 Å². The maximum atomic E-state index is 5.41. The van der Waals surface area contributed by atoms with E-state index in [0.29, 0.717) is 6.04 Å². The first kappa shape index (κ1) is 11.6. The molecule has 1 aromatic rings. The van der Waals surface area contributed by atoms with Crippen LogP contribution < -0.4 is 0 Å². The molecule has 16 heavy (non-hydrogen) atoms. The molecule has 88 valence electrons. The number of likely N-dealkylation sites (N-methyl/N-ethyl adjacent to an activating group) is 1. The van der Waals surface area contributed by atoms with Crippen molar-refractivity contribution in [1.29, 1.82) is 0 Å². The van der Waals surface area contributed by atoms with Crippen LogP contribution in [0.2, 0.25) is 0 Å². The second kappa shape index (κ2) is 5.46. The van der Waals surface area contributed by atoms with E-state index < -0.39 is 0 Å². The van der Waals surface area contributed by atoms with Crippen LogP contribution in [0.4, 0.5) is 0 Å². The van der Waals surface area contributed by atoms with Crippen molar-refractivity contribution >= 4 is 0 Å². The largest absolute Gasteiger partial charge is 0.380 e. The Bertz CT molecular complexity index is 337. The maximum Gasteiger partial charge on any atom is 0.0593 e. The Morgan fingerprint density at radius 3 is 3.00 bits per heavy atom. The first-order valence-electron chi connectivity index (χ1n) is 6.18. The molecule has 1 aromatic carbocycles. The summed E-state index contributed by atoms with van der Waals surface area (Å²) >= 11 is 0. The molecule has 1 atom stereocenters. The predicted molar refractivity (Wildman–Crippen MR) is 66.6 cm³/mol. The van der Waals surface area contributed by atoms with Crippen LogP contribution in [0.5, 0.6) is 0 Å². The van der Waals surface area contributed by atoms with Crippen molar-refractivity contribution < 1.29 is 4.74 Å². The van der Waals surface area contributed by atoms with Crippen molar-refractivity contribution in [1.82, 2.24) is 4.90 Å². The molecule has 0 fully saturated rings. The number of ether oxygens (including phenoxy) is 1. The fourth-order valence-corrected chi connectivity index (χ4v) is 2.50. The molecule has 0 N–H and O–H groups in total. The minimum absolute atomic E-state index is 0.594. The number of nitrogens with zero attached hydrogens (tertiary/aromatic N) is 1. The molecule has 0 aromatic heterocycles. The van der Waals surface area contributed by atoms with Crippen molar-refractivity contribution in [3.8, 4) is 0 Å². The highest BCUT2D eigenvalue weighted by molar-refractivity contribution is 5.34. The number of rotatable bonds is 5. The summed E-state index contributed by atoms with van der Waals surface area (Å²) in [5.41, 5.74) is 3.04. The van der Waals surface area contributed by atoms with E-state index in [0.717, 1.165) is 19.8 Å². The smallest absolute Gasteiger partial charge is 0.0593 e. The number of fused-ring (bicyclic) bond motifs is 1. The van der Waals surface area contributed by atoms with Crippen LogP contribution in [0.1, 0.15) is 30.5 Å². The molecule has 1 unspecified atom stereocenters. The third-order valence-corrected chi connectivity index (χ3v) is 3.43. The molecule has 1 aliphatic rings. The van der Waals surface area contributed by atoms with Crippen LogP contribution >= 0.6 is 0 Å². The molecule has 2 heteroatoms. The zero-order valence-corrected chi connectivity index (χ0v) is 10.3. The maximum absolute atomic E-state index is 5.41. The molecule has 1 aliphatic carbocycles. The Morgan fingerprint density at radius 2 is 2.19 bits per heavy atom. The Hall–Kier alpha value is -0.860. The Balaban J connectivity index is 1.96. The van der Waals surface area contributed by atoms with E-state index in [9.17, 15) is 0 Å². The molecule has 0 radical (unpaired) electrons. The van der Waals surface area contributed by atoms with E-state index in [1.165, 1.54) is 24.0 Å². The van der Waals surface area contributed by atoms with Crippen LogP contribution in [-0.4, -0.2) is 31.7 Å². The summed E-state index contributed by atoms with van der Waals surface area (Å²) in [6, 6.07) is 9.40. The fraction of sp³-hybridized carbons (Fsp3) is 0.571. The SMILES string of the molecule is CCOCCN(C)C1CCc2ccccc21. The highest BCUT2D eigenvalue weighted by Gasteiger charge is 2.24. The second-order valence-electron chi connectivity index (χ2n) is 4.43. The van der Waals surface area contributed by atoms with E-state index in [4.69, 9.17) is 4.74 Å². The lowest BCUT2D eigenvalue weighted by molar-refractivity contribution is 0.107. The van der Waals surface area contributed by atoms with E-state index in [2.05, 4.69) is 36.2 Å². The highest BCUT2D eigenvalue weighted by atomic mass is 16.5. The molecule has 0 aliphatic heterocycles. The van der Waals surface area contributed by atoms with Gasteiger partial charge in [0, 0.05) is 19.2 Å².